The average molecular weight is 307 g/mol. The number of aromatic hydroxyl groups is 2. The maximum atomic E-state index is 12.0. The van der Waals surface area contributed by atoms with Gasteiger partial charge in [-0.2, -0.15) is 0 Å². The van der Waals surface area contributed by atoms with E-state index >= 15 is 0 Å². The minimum absolute atomic E-state index is 0.0388. The van der Waals surface area contributed by atoms with Gasteiger partial charge in [0, 0.05) is 23.3 Å². The lowest BCUT2D eigenvalue weighted by molar-refractivity contribution is 0.0995. The fraction of sp³-hybridized carbons (Fsp3) is 0.0588. The molecule has 23 heavy (non-hydrogen) atoms. The van der Waals surface area contributed by atoms with Crippen molar-refractivity contribution < 1.29 is 15.0 Å². The first-order valence-corrected chi connectivity index (χ1v) is 6.88. The first kappa shape index (κ1) is 14.6. The summed E-state index contributed by atoms with van der Waals surface area (Å²) in [4.78, 5) is 15.8. The molecule has 0 radical (unpaired) electrons. The highest BCUT2D eigenvalue weighted by atomic mass is 16.3. The smallest absolute Gasteiger partial charge is 0.295 e. The van der Waals surface area contributed by atoms with Gasteiger partial charge in [0.15, 0.2) is 0 Å². The molecular weight excluding hydrogens is 294 g/mol. The molecule has 0 unspecified atom stereocenters. The SMILES string of the molecule is Cc1cc(N=NC(=O)c2ccncc2)c2c(O)cccc2c1O. The van der Waals surface area contributed by atoms with Gasteiger partial charge < -0.3 is 10.2 Å². The Bertz CT molecular complexity index is 921. The van der Waals surface area contributed by atoms with Gasteiger partial charge in [-0.3, -0.25) is 9.78 Å². The van der Waals surface area contributed by atoms with E-state index in [1.807, 2.05) is 0 Å². The van der Waals surface area contributed by atoms with E-state index < -0.39 is 5.91 Å². The first-order chi connectivity index (χ1) is 11.1. The minimum Gasteiger partial charge on any atom is -0.507 e. The fourth-order valence-electron chi connectivity index (χ4n) is 2.30. The molecule has 0 saturated carbocycles. The molecule has 0 bridgehead atoms. The predicted molar refractivity (Wildman–Crippen MR) is 85.1 cm³/mol. The normalized spacial score (nSPS) is 11.2. The maximum Gasteiger partial charge on any atom is 0.295 e. The first-order valence-electron chi connectivity index (χ1n) is 6.88. The van der Waals surface area contributed by atoms with Gasteiger partial charge in [0.25, 0.3) is 5.91 Å². The monoisotopic (exact) mass is 307 g/mol. The summed E-state index contributed by atoms with van der Waals surface area (Å²) in [6.45, 7) is 1.71. The molecule has 3 aromatic rings. The summed E-state index contributed by atoms with van der Waals surface area (Å²) in [5.74, 6) is -0.486. The van der Waals surface area contributed by atoms with Crippen molar-refractivity contribution in [3.05, 3.63) is 59.9 Å². The highest BCUT2D eigenvalue weighted by Crippen LogP contribution is 2.40. The number of aromatic nitrogens is 1. The van der Waals surface area contributed by atoms with E-state index in [4.69, 9.17) is 0 Å². The Kier molecular flexibility index (Phi) is 3.72. The third-order valence-corrected chi connectivity index (χ3v) is 3.46. The zero-order valence-electron chi connectivity index (χ0n) is 12.3. The minimum atomic E-state index is -0.512. The zero-order valence-corrected chi connectivity index (χ0v) is 12.3. The number of pyridine rings is 1. The van der Waals surface area contributed by atoms with Crippen molar-refractivity contribution in [1.29, 1.82) is 0 Å². The number of hydrogen-bond donors (Lipinski definition) is 2. The second-order valence-corrected chi connectivity index (χ2v) is 5.00. The highest BCUT2D eigenvalue weighted by Gasteiger charge is 2.12. The van der Waals surface area contributed by atoms with Crippen LogP contribution in [-0.4, -0.2) is 21.1 Å². The van der Waals surface area contributed by atoms with Crippen LogP contribution >= 0.6 is 0 Å². The van der Waals surface area contributed by atoms with Crippen molar-refractivity contribution in [1.82, 2.24) is 4.98 Å². The van der Waals surface area contributed by atoms with E-state index in [9.17, 15) is 15.0 Å². The Morgan fingerprint density at radius 1 is 1.13 bits per heavy atom. The molecule has 0 fully saturated rings. The number of rotatable bonds is 2. The predicted octanol–water partition coefficient (Wildman–Crippen LogP) is 3.88. The Labute approximate surface area is 131 Å². The van der Waals surface area contributed by atoms with Crippen LogP contribution in [0.4, 0.5) is 5.69 Å². The van der Waals surface area contributed by atoms with Crippen molar-refractivity contribution >= 4 is 22.4 Å². The molecule has 0 aliphatic carbocycles. The molecule has 2 N–H and O–H groups in total. The van der Waals surface area contributed by atoms with Gasteiger partial charge in [-0.15, -0.1) is 10.2 Å². The quantitative estimate of drug-likeness (QED) is 0.702. The summed E-state index contributed by atoms with van der Waals surface area (Å²) in [5.41, 5.74) is 1.26. The fourth-order valence-corrected chi connectivity index (χ4v) is 2.30. The lowest BCUT2D eigenvalue weighted by atomic mass is 10.0. The number of nitrogens with zero attached hydrogens (tertiary/aromatic N) is 3. The van der Waals surface area contributed by atoms with Gasteiger partial charge in [0.05, 0.1) is 11.1 Å². The molecule has 0 atom stereocenters. The second-order valence-electron chi connectivity index (χ2n) is 5.00. The van der Waals surface area contributed by atoms with Crippen LogP contribution < -0.4 is 0 Å². The van der Waals surface area contributed by atoms with Gasteiger partial charge in [0.2, 0.25) is 0 Å². The van der Waals surface area contributed by atoms with Gasteiger partial charge in [0.1, 0.15) is 11.5 Å². The summed E-state index contributed by atoms with van der Waals surface area (Å²) in [6.07, 6.45) is 2.99. The largest absolute Gasteiger partial charge is 0.507 e. The van der Waals surface area contributed by atoms with E-state index in [2.05, 4.69) is 15.2 Å². The number of amides is 1. The molecular formula is C17H13N3O3. The van der Waals surface area contributed by atoms with E-state index in [1.165, 1.54) is 18.5 Å². The van der Waals surface area contributed by atoms with Crippen molar-refractivity contribution in [2.45, 2.75) is 6.92 Å². The number of hydrogen-bond acceptors (Lipinski definition) is 5. The Morgan fingerprint density at radius 2 is 1.87 bits per heavy atom. The van der Waals surface area contributed by atoms with E-state index in [0.717, 1.165) is 0 Å². The van der Waals surface area contributed by atoms with Crippen LogP contribution in [0.3, 0.4) is 0 Å². The van der Waals surface area contributed by atoms with Gasteiger partial charge >= 0.3 is 0 Å². The Morgan fingerprint density at radius 3 is 2.61 bits per heavy atom. The van der Waals surface area contributed by atoms with Crippen LogP contribution in [0.5, 0.6) is 11.5 Å². The number of carbonyl (C=O) groups excluding carboxylic acids is 1. The topological polar surface area (TPSA) is 95.1 Å². The van der Waals surface area contributed by atoms with Crippen molar-refractivity contribution in [3.8, 4) is 11.5 Å². The van der Waals surface area contributed by atoms with Crippen molar-refractivity contribution in [2.24, 2.45) is 10.2 Å². The number of phenols is 2. The van der Waals surface area contributed by atoms with Crippen LogP contribution in [0.15, 0.2) is 59.0 Å². The molecule has 3 rings (SSSR count). The van der Waals surface area contributed by atoms with E-state index in [-0.39, 0.29) is 11.5 Å². The highest BCUT2D eigenvalue weighted by molar-refractivity contribution is 6.02. The number of carbonyl (C=O) groups is 1. The third kappa shape index (κ3) is 2.74. The van der Waals surface area contributed by atoms with Crippen LogP contribution in [0.2, 0.25) is 0 Å². The van der Waals surface area contributed by atoms with Crippen molar-refractivity contribution in [3.63, 3.8) is 0 Å². The molecule has 0 saturated heterocycles. The summed E-state index contributed by atoms with van der Waals surface area (Å²) in [5, 5.41) is 28.6. The molecule has 6 heteroatoms. The summed E-state index contributed by atoms with van der Waals surface area (Å²) < 4.78 is 0. The third-order valence-electron chi connectivity index (χ3n) is 3.46. The summed E-state index contributed by atoms with van der Waals surface area (Å²) >= 11 is 0. The number of phenolic OH excluding ortho intramolecular Hbond substituents is 2. The lowest BCUT2D eigenvalue weighted by Gasteiger charge is -2.08. The molecule has 0 spiro atoms. The van der Waals surface area contributed by atoms with Crippen LogP contribution in [0.1, 0.15) is 15.9 Å². The number of aryl methyl sites for hydroxylation is 1. The molecule has 2 aromatic carbocycles. The standard InChI is InChI=1S/C17H13N3O3/c1-10-9-13(15-12(16(10)22)3-2-4-14(15)21)19-20-17(23)11-5-7-18-8-6-11/h2-9,21-22H,1H3. The Balaban J connectivity index is 2.09. The van der Waals surface area contributed by atoms with Crippen molar-refractivity contribution in [2.75, 3.05) is 0 Å². The Hall–Kier alpha value is -3.28. The van der Waals surface area contributed by atoms with E-state index in [0.29, 0.717) is 27.6 Å². The molecule has 1 aromatic heterocycles. The number of benzene rings is 2. The van der Waals surface area contributed by atoms with Crippen LogP contribution in [-0.2, 0) is 0 Å². The van der Waals surface area contributed by atoms with Crippen LogP contribution in [0.25, 0.3) is 10.8 Å². The molecule has 0 aliphatic rings. The maximum absolute atomic E-state index is 12.0. The second kappa shape index (κ2) is 5.84. The zero-order chi connectivity index (χ0) is 16.4. The number of fused-ring (bicyclic) bond motifs is 1. The molecule has 0 aliphatic heterocycles. The van der Waals surface area contributed by atoms with Gasteiger partial charge in [-0.1, -0.05) is 12.1 Å². The van der Waals surface area contributed by atoms with Gasteiger partial charge in [-0.25, -0.2) is 0 Å². The lowest BCUT2D eigenvalue weighted by Crippen LogP contribution is -1.93. The summed E-state index contributed by atoms with van der Waals surface area (Å²) in [6, 6.07) is 9.43. The molecule has 6 nitrogen and oxygen atoms in total. The van der Waals surface area contributed by atoms with E-state index in [1.54, 1.807) is 37.3 Å². The van der Waals surface area contributed by atoms with Gasteiger partial charge in [-0.05, 0) is 36.8 Å². The number of azo groups is 1. The molecule has 1 heterocycles. The van der Waals surface area contributed by atoms with Crippen LogP contribution in [0, 0.1) is 6.92 Å². The average Bonchev–Trinajstić information content (AvgIpc) is 2.57. The summed E-state index contributed by atoms with van der Waals surface area (Å²) in [7, 11) is 0. The molecule has 114 valence electrons. The molecule has 1 amide bonds.